The Bertz CT molecular complexity index is 393. The highest BCUT2D eigenvalue weighted by atomic mass is 35.5. The first-order chi connectivity index (χ1) is 6.54. The summed E-state index contributed by atoms with van der Waals surface area (Å²) in [5.41, 5.74) is -0.489. The molecule has 0 radical (unpaired) electrons. The van der Waals surface area contributed by atoms with Crippen LogP contribution in [-0.2, 0) is 4.74 Å². The molecule has 1 aromatic rings. The van der Waals surface area contributed by atoms with Gasteiger partial charge in [0.1, 0.15) is 5.15 Å². The van der Waals surface area contributed by atoms with E-state index in [0.717, 1.165) is 19.2 Å². The maximum Gasteiger partial charge on any atom is 0.356 e. The van der Waals surface area contributed by atoms with Crippen LogP contribution < -0.4 is 0 Å². The molecule has 0 saturated carbocycles. The summed E-state index contributed by atoms with van der Waals surface area (Å²) in [7, 11) is 1.15. The Morgan fingerprint density at radius 3 is 2.79 bits per heavy atom. The zero-order valence-electron chi connectivity index (χ0n) is 7.06. The zero-order valence-corrected chi connectivity index (χ0v) is 7.82. The number of ether oxygens (including phenoxy) is 1. The topological polar surface area (TPSA) is 82.3 Å². The van der Waals surface area contributed by atoms with E-state index in [0.29, 0.717) is 0 Å². The molecule has 0 atom stereocenters. The molecule has 0 aliphatic carbocycles. The largest absolute Gasteiger partial charge is 0.464 e. The first-order valence-electron chi connectivity index (χ1n) is 3.45. The average Bonchev–Trinajstić information content (AvgIpc) is 2.15. The van der Waals surface area contributed by atoms with E-state index in [1.807, 2.05) is 0 Å². The Hall–Kier alpha value is -1.69. The number of rotatable bonds is 2. The SMILES string of the molecule is COC(=O)c1cc([N+](=O)[O-])cc(Cl)n1. The summed E-state index contributed by atoms with van der Waals surface area (Å²) in [6, 6.07) is 2.05. The van der Waals surface area contributed by atoms with Crippen LogP contribution in [0.25, 0.3) is 0 Å². The van der Waals surface area contributed by atoms with E-state index in [4.69, 9.17) is 11.6 Å². The van der Waals surface area contributed by atoms with Gasteiger partial charge in [-0.3, -0.25) is 10.1 Å². The summed E-state index contributed by atoms with van der Waals surface area (Å²) in [5, 5.41) is 10.3. The molecule has 74 valence electrons. The molecule has 0 amide bonds. The van der Waals surface area contributed by atoms with Crippen molar-refractivity contribution in [1.82, 2.24) is 4.98 Å². The van der Waals surface area contributed by atoms with Crippen molar-refractivity contribution in [2.45, 2.75) is 0 Å². The summed E-state index contributed by atoms with van der Waals surface area (Å²) >= 11 is 5.47. The number of nitro groups is 1. The quantitative estimate of drug-likeness (QED) is 0.323. The van der Waals surface area contributed by atoms with Gasteiger partial charge in [0.05, 0.1) is 18.1 Å². The van der Waals surface area contributed by atoms with Gasteiger partial charge in [0.2, 0.25) is 0 Å². The number of methoxy groups -OCH3 is 1. The third-order valence-electron chi connectivity index (χ3n) is 1.38. The van der Waals surface area contributed by atoms with E-state index in [1.54, 1.807) is 0 Å². The minimum atomic E-state index is -0.768. The molecule has 1 aromatic heterocycles. The predicted molar refractivity (Wildman–Crippen MR) is 47.2 cm³/mol. The molecule has 0 aromatic carbocycles. The van der Waals surface area contributed by atoms with E-state index in [9.17, 15) is 14.9 Å². The summed E-state index contributed by atoms with van der Waals surface area (Å²) in [6.07, 6.45) is 0. The van der Waals surface area contributed by atoms with Gasteiger partial charge < -0.3 is 4.74 Å². The van der Waals surface area contributed by atoms with Crippen LogP contribution in [0.2, 0.25) is 5.15 Å². The third-order valence-corrected chi connectivity index (χ3v) is 1.58. The van der Waals surface area contributed by atoms with Crippen molar-refractivity contribution < 1.29 is 14.5 Å². The minimum absolute atomic E-state index is 0.125. The van der Waals surface area contributed by atoms with Gasteiger partial charge in [0.25, 0.3) is 5.69 Å². The number of hydrogen-bond acceptors (Lipinski definition) is 5. The van der Waals surface area contributed by atoms with Gasteiger partial charge in [-0.2, -0.15) is 0 Å². The van der Waals surface area contributed by atoms with Crippen LogP contribution in [0.4, 0.5) is 5.69 Å². The lowest BCUT2D eigenvalue weighted by Gasteiger charge is -1.98. The minimum Gasteiger partial charge on any atom is -0.464 e. The molecular weight excluding hydrogens is 212 g/mol. The second-order valence-corrected chi connectivity index (χ2v) is 2.67. The van der Waals surface area contributed by atoms with Crippen molar-refractivity contribution in [3.8, 4) is 0 Å². The fourth-order valence-corrected chi connectivity index (χ4v) is 1.00. The summed E-state index contributed by atoms with van der Waals surface area (Å²) in [6.45, 7) is 0. The van der Waals surface area contributed by atoms with Crippen LogP contribution in [0.15, 0.2) is 12.1 Å². The number of carbonyl (C=O) groups excluding carboxylic acids is 1. The van der Waals surface area contributed by atoms with Gasteiger partial charge in [-0.1, -0.05) is 11.6 Å². The Balaban J connectivity index is 3.20. The second-order valence-electron chi connectivity index (χ2n) is 2.28. The zero-order chi connectivity index (χ0) is 10.7. The van der Waals surface area contributed by atoms with Gasteiger partial charge in [0, 0.05) is 6.07 Å². The van der Waals surface area contributed by atoms with Crippen LogP contribution in [0, 0.1) is 10.1 Å². The fourth-order valence-electron chi connectivity index (χ4n) is 0.798. The number of carbonyl (C=O) groups is 1. The molecule has 1 rings (SSSR count). The standard InChI is InChI=1S/C7H5ClN2O4/c1-14-7(11)5-2-4(10(12)13)3-6(8)9-5/h2-3H,1H3. The third kappa shape index (κ3) is 2.17. The van der Waals surface area contributed by atoms with E-state index in [-0.39, 0.29) is 16.5 Å². The number of hydrogen-bond donors (Lipinski definition) is 0. The fraction of sp³-hybridized carbons (Fsp3) is 0.143. The smallest absolute Gasteiger partial charge is 0.356 e. The van der Waals surface area contributed by atoms with Gasteiger partial charge in [-0.25, -0.2) is 9.78 Å². The van der Waals surface area contributed by atoms with Gasteiger partial charge in [-0.05, 0) is 0 Å². The lowest BCUT2D eigenvalue weighted by atomic mass is 10.3. The molecule has 0 N–H and O–H groups in total. The first-order valence-corrected chi connectivity index (χ1v) is 3.82. The Morgan fingerprint density at radius 2 is 2.29 bits per heavy atom. The van der Waals surface area contributed by atoms with Crippen molar-refractivity contribution in [1.29, 1.82) is 0 Å². The van der Waals surface area contributed by atoms with Gasteiger partial charge >= 0.3 is 5.97 Å². The molecule has 7 heteroatoms. The van der Waals surface area contributed by atoms with Crippen LogP contribution in [-0.4, -0.2) is 23.0 Å². The normalized spacial score (nSPS) is 9.57. The Kier molecular flexibility index (Phi) is 2.98. The van der Waals surface area contributed by atoms with E-state index in [2.05, 4.69) is 9.72 Å². The maximum atomic E-state index is 11.0. The summed E-state index contributed by atoms with van der Waals surface area (Å²) in [5.74, 6) is -0.768. The number of pyridine rings is 1. The van der Waals surface area contributed by atoms with Crippen molar-refractivity contribution in [2.24, 2.45) is 0 Å². The molecule has 0 aliphatic rings. The lowest BCUT2D eigenvalue weighted by Crippen LogP contribution is -2.05. The Morgan fingerprint density at radius 1 is 1.64 bits per heavy atom. The summed E-state index contributed by atoms with van der Waals surface area (Å²) in [4.78, 5) is 24.3. The van der Waals surface area contributed by atoms with Crippen LogP contribution in [0.5, 0.6) is 0 Å². The van der Waals surface area contributed by atoms with Crippen molar-refractivity contribution in [3.05, 3.63) is 33.1 Å². The molecule has 0 bridgehead atoms. The van der Waals surface area contributed by atoms with Crippen molar-refractivity contribution in [2.75, 3.05) is 7.11 Å². The van der Waals surface area contributed by atoms with Crippen molar-refractivity contribution in [3.63, 3.8) is 0 Å². The van der Waals surface area contributed by atoms with Crippen molar-refractivity contribution >= 4 is 23.3 Å². The number of aromatic nitrogens is 1. The predicted octanol–water partition coefficient (Wildman–Crippen LogP) is 1.43. The van der Waals surface area contributed by atoms with Crippen LogP contribution >= 0.6 is 11.6 Å². The average molecular weight is 217 g/mol. The molecule has 0 saturated heterocycles. The highest BCUT2D eigenvalue weighted by molar-refractivity contribution is 6.29. The number of halogens is 1. The van der Waals surface area contributed by atoms with Crippen LogP contribution in [0.1, 0.15) is 10.5 Å². The molecule has 0 fully saturated rings. The van der Waals surface area contributed by atoms with E-state index < -0.39 is 10.9 Å². The maximum absolute atomic E-state index is 11.0. The molecular formula is C7H5ClN2O4. The van der Waals surface area contributed by atoms with Gasteiger partial charge in [0.15, 0.2) is 5.69 Å². The highest BCUT2D eigenvalue weighted by Gasteiger charge is 2.15. The molecule has 0 unspecified atom stereocenters. The molecule has 6 nitrogen and oxygen atoms in total. The van der Waals surface area contributed by atoms with E-state index in [1.165, 1.54) is 0 Å². The molecule has 0 spiro atoms. The molecule has 0 aliphatic heterocycles. The van der Waals surface area contributed by atoms with Crippen LogP contribution in [0.3, 0.4) is 0 Å². The summed E-state index contributed by atoms with van der Waals surface area (Å²) < 4.78 is 4.34. The molecule has 1 heterocycles. The Labute approximate surface area is 83.6 Å². The second kappa shape index (κ2) is 4.01. The number of nitrogens with zero attached hydrogens (tertiary/aromatic N) is 2. The first kappa shape index (κ1) is 10.4. The highest BCUT2D eigenvalue weighted by Crippen LogP contribution is 2.17. The molecule has 14 heavy (non-hydrogen) atoms. The number of esters is 1. The van der Waals surface area contributed by atoms with E-state index >= 15 is 0 Å². The lowest BCUT2D eigenvalue weighted by molar-refractivity contribution is -0.385. The van der Waals surface area contributed by atoms with Gasteiger partial charge in [-0.15, -0.1) is 0 Å². The monoisotopic (exact) mass is 216 g/mol.